The zero-order valence-electron chi connectivity index (χ0n) is 20.4. The van der Waals surface area contributed by atoms with Crippen molar-refractivity contribution in [2.24, 2.45) is 17.8 Å². The summed E-state index contributed by atoms with van der Waals surface area (Å²) in [6.45, 7) is 0.630. The number of rotatable bonds is 9. The first-order valence-corrected chi connectivity index (χ1v) is 12.3. The summed E-state index contributed by atoms with van der Waals surface area (Å²) >= 11 is 0. The lowest BCUT2D eigenvalue weighted by molar-refractivity contribution is -0.119. The van der Waals surface area contributed by atoms with Gasteiger partial charge in [-0.15, -0.1) is 0 Å². The van der Waals surface area contributed by atoms with Crippen molar-refractivity contribution in [3.63, 3.8) is 0 Å². The predicted molar refractivity (Wildman–Crippen MR) is 129 cm³/mol. The number of carbonyl (C=O) groups is 2. The second-order valence-corrected chi connectivity index (χ2v) is 9.81. The van der Waals surface area contributed by atoms with Gasteiger partial charge >= 0.3 is 6.55 Å². The molecule has 0 saturated heterocycles. The van der Waals surface area contributed by atoms with E-state index in [1.807, 2.05) is 13.0 Å². The van der Waals surface area contributed by atoms with E-state index in [9.17, 15) is 18.4 Å². The number of nitrogens with one attached hydrogen (secondary N) is 2. The summed E-state index contributed by atoms with van der Waals surface area (Å²) in [5.41, 5.74) is 2.03. The molecule has 5 rings (SSSR count). The lowest BCUT2D eigenvalue weighted by atomic mass is 9.88. The van der Waals surface area contributed by atoms with Crippen molar-refractivity contribution >= 4 is 17.6 Å². The van der Waals surface area contributed by atoms with Crippen LogP contribution in [0.15, 0.2) is 36.7 Å². The Morgan fingerprint density at radius 3 is 2.38 bits per heavy atom. The van der Waals surface area contributed by atoms with Gasteiger partial charge < -0.3 is 10.6 Å². The number of hydrogen-bond donors (Lipinski definition) is 2. The lowest BCUT2D eigenvalue weighted by Gasteiger charge is -2.27. The highest BCUT2D eigenvalue weighted by Crippen LogP contribution is 2.51. The van der Waals surface area contributed by atoms with Crippen LogP contribution in [0, 0.1) is 37.5 Å². The van der Waals surface area contributed by atoms with Crippen molar-refractivity contribution in [1.82, 2.24) is 25.1 Å². The van der Waals surface area contributed by atoms with Gasteiger partial charge in [-0.2, -0.15) is 23.0 Å². The third-order valence-electron chi connectivity index (χ3n) is 6.99. The molecule has 2 N–H and O–H groups in total. The average Bonchev–Trinajstić information content (AvgIpc) is 3.80. The number of alkyl halides is 2. The molecular weight excluding hydrogens is 485 g/mol. The van der Waals surface area contributed by atoms with Gasteiger partial charge in [-0.3, -0.25) is 14.6 Å². The maximum atomic E-state index is 15.0. The number of aryl methyl sites for hydroxylation is 2. The number of amides is 2. The molecule has 2 fully saturated rings. The van der Waals surface area contributed by atoms with Crippen molar-refractivity contribution in [1.29, 1.82) is 0 Å². The van der Waals surface area contributed by atoms with Crippen LogP contribution in [0.25, 0.3) is 11.1 Å². The molecular formula is C26H27F3N6O2. The van der Waals surface area contributed by atoms with Crippen LogP contribution in [0.4, 0.5) is 19.0 Å². The minimum Gasteiger partial charge on any atom is -0.339 e. The normalized spacial score (nSPS) is 16.2. The first kappa shape index (κ1) is 24.9. The van der Waals surface area contributed by atoms with E-state index in [0.29, 0.717) is 15.9 Å². The third kappa shape index (κ3) is 5.35. The Bertz CT molecular complexity index is 1320. The highest BCUT2D eigenvalue weighted by molar-refractivity contribution is 6.00. The van der Waals surface area contributed by atoms with Gasteiger partial charge in [0.25, 0.3) is 5.91 Å². The molecule has 3 heterocycles. The number of anilines is 1. The average molecular weight is 513 g/mol. The molecule has 11 heteroatoms. The van der Waals surface area contributed by atoms with Crippen molar-refractivity contribution in [2.75, 3.05) is 5.32 Å². The molecule has 0 unspecified atom stereocenters. The zero-order valence-corrected chi connectivity index (χ0v) is 20.4. The molecule has 2 amide bonds. The van der Waals surface area contributed by atoms with Crippen LogP contribution in [-0.4, -0.2) is 37.6 Å². The van der Waals surface area contributed by atoms with Gasteiger partial charge in [0.2, 0.25) is 11.9 Å². The standard InChI is InChI=1S/C26H27F3N6O2/c1-13-11-18(14(2)30-12-13)17-7-8-20(32-23(17)27)33-25(37)22(21(15-3-4-15)16-5-6-16)34-24(36)19-9-10-31-35(19)26(28)29/h7-12,15-16,21-22,26H,3-6H2,1-2H3,(H,34,36)(H,32,33,37)/t22-/m0/s1. The molecule has 0 spiro atoms. The Balaban J connectivity index is 1.39. The quantitative estimate of drug-likeness (QED) is 0.406. The van der Waals surface area contributed by atoms with E-state index in [2.05, 4.69) is 25.7 Å². The van der Waals surface area contributed by atoms with Gasteiger partial charge in [-0.1, -0.05) is 0 Å². The summed E-state index contributed by atoms with van der Waals surface area (Å²) < 4.78 is 41.9. The maximum absolute atomic E-state index is 15.0. The van der Waals surface area contributed by atoms with E-state index in [1.165, 1.54) is 18.2 Å². The first-order chi connectivity index (χ1) is 17.7. The highest BCUT2D eigenvalue weighted by Gasteiger charge is 2.48. The molecule has 0 aromatic carbocycles. The summed E-state index contributed by atoms with van der Waals surface area (Å²) in [6.07, 6.45) is 6.53. The van der Waals surface area contributed by atoms with E-state index in [-0.39, 0.29) is 34.8 Å². The molecule has 37 heavy (non-hydrogen) atoms. The van der Waals surface area contributed by atoms with Crippen molar-refractivity contribution in [3.05, 3.63) is 59.6 Å². The summed E-state index contributed by atoms with van der Waals surface area (Å²) in [5, 5.41) is 8.80. The largest absolute Gasteiger partial charge is 0.339 e. The number of aromatic nitrogens is 4. The molecule has 0 aliphatic heterocycles. The van der Waals surface area contributed by atoms with Crippen LogP contribution in [-0.2, 0) is 4.79 Å². The zero-order chi connectivity index (χ0) is 26.3. The van der Waals surface area contributed by atoms with Gasteiger partial charge in [-0.05, 0) is 87.1 Å². The molecule has 8 nitrogen and oxygen atoms in total. The smallest absolute Gasteiger partial charge is 0.333 e. The second-order valence-electron chi connectivity index (χ2n) is 9.81. The Morgan fingerprint density at radius 2 is 1.76 bits per heavy atom. The summed E-state index contributed by atoms with van der Waals surface area (Å²) in [6, 6.07) is 5.02. The number of hydrogen-bond acceptors (Lipinski definition) is 5. The van der Waals surface area contributed by atoms with Crippen LogP contribution >= 0.6 is 0 Å². The number of carbonyl (C=O) groups excluding carboxylic acids is 2. The van der Waals surface area contributed by atoms with Crippen molar-refractivity contribution in [2.45, 2.75) is 52.1 Å². The molecule has 2 saturated carbocycles. The molecule has 3 aromatic rings. The van der Waals surface area contributed by atoms with Crippen molar-refractivity contribution in [3.8, 4) is 11.1 Å². The van der Waals surface area contributed by atoms with E-state index in [1.54, 1.807) is 13.1 Å². The molecule has 0 radical (unpaired) electrons. The topological polar surface area (TPSA) is 102 Å². The van der Waals surface area contributed by atoms with E-state index in [0.717, 1.165) is 37.4 Å². The Labute approximate surface area is 211 Å². The van der Waals surface area contributed by atoms with Crippen LogP contribution in [0.3, 0.4) is 0 Å². The van der Waals surface area contributed by atoms with Crippen LogP contribution in [0.5, 0.6) is 0 Å². The summed E-state index contributed by atoms with van der Waals surface area (Å²) in [5.74, 6) is -1.78. The van der Waals surface area contributed by atoms with E-state index >= 15 is 4.39 Å². The van der Waals surface area contributed by atoms with Gasteiger partial charge in [0.05, 0.1) is 0 Å². The second kappa shape index (κ2) is 9.95. The van der Waals surface area contributed by atoms with Crippen molar-refractivity contribution < 1.29 is 22.8 Å². The van der Waals surface area contributed by atoms with Gasteiger partial charge in [-0.25, -0.2) is 4.98 Å². The number of halogens is 3. The fourth-order valence-corrected chi connectivity index (χ4v) is 4.91. The number of pyridine rings is 2. The minimum absolute atomic E-state index is 0.00766. The fraction of sp³-hybridized carbons (Fsp3) is 0.423. The highest BCUT2D eigenvalue weighted by atomic mass is 19.3. The van der Waals surface area contributed by atoms with Gasteiger partial charge in [0.1, 0.15) is 17.6 Å². The Kier molecular flexibility index (Phi) is 6.70. The summed E-state index contributed by atoms with van der Waals surface area (Å²) in [4.78, 5) is 34.6. The van der Waals surface area contributed by atoms with Crippen LogP contribution < -0.4 is 10.6 Å². The molecule has 1 atom stereocenters. The van der Waals surface area contributed by atoms with Gasteiger partial charge in [0, 0.05) is 29.2 Å². The molecule has 2 aliphatic rings. The maximum Gasteiger partial charge on any atom is 0.333 e. The Hall–Kier alpha value is -3.76. The molecule has 194 valence electrons. The molecule has 3 aromatic heterocycles. The number of nitrogens with zero attached hydrogens (tertiary/aromatic N) is 4. The first-order valence-electron chi connectivity index (χ1n) is 12.3. The van der Waals surface area contributed by atoms with Crippen LogP contribution in [0.1, 0.15) is 54.0 Å². The van der Waals surface area contributed by atoms with Gasteiger partial charge in [0.15, 0.2) is 0 Å². The monoisotopic (exact) mass is 512 g/mol. The minimum atomic E-state index is -3.00. The fourth-order valence-electron chi connectivity index (χ4n) is 4.91. The lowest BCUT2D eigenvalue weighted by Crippen LogP contribution is -2.50. The van der Waals surface area contributed by atoms with E-state index in [4.69, 9.17) is 0 Å². The molecule has 2 aliphatic carbocycles. The van der Waals surface area contributed by atoms with Crippen LogP contribution in [0.2, 0.25) is 0 Å². The Morgan fingerprint density at radius 1 is 1.05 bits per heavy atom. The third-order valence-corrected chi connectivity index (χ3v) is 6.99. The molecule has 0 bridgehead atoms. The summed E-state index contributed by atoms with van der Waals surface area (Å²) in [7, 11) is 0. The SMILES string of the molecule is Cc1cnc(C)c(-c2ccc(NC(=O)[C@@H](NC(=O)c3ccnn3C(F)F)C(C3CC3)C3CC3)nc2F)c1. The predicted octanol–water partition coefficient (Wildman–Crippen LogP) is 4.66. The van der Waals surface area contributed by atoms with E-state index < -0.39 is 30.4 Å².